The lowest BCUT2D eigenvalue weighted by atomic mass is 10.0. The summed E-state index contributed by atoms with van der Waals surface area (Å²) in [4.78, 5) is 30.3. The van der Waals surface area contributed by atoms with Gasteiger partial charge >= 0.3 is 0 Å². The molecule has 1 N–H and O–H groups in total. The third-order valence-corrected chi connectivity index (χ3v) is 7.75. The van der Waals surface area contributed by atoms with E-state index < -0.39 is 17.9 Å². The van der Waals surface area contributed by atoms with E-state index in [0.29, 0.717) is 56.1 Å². The zero-order chi connectivity index (χ0) is 32.2. The average molecular weight is 644 g/mol. The van der Waals surface area contributed by atoms with Crippen LogP contribution in [0.3, 0.4) is 0 Å². The highest BCUT2D eigenvalue weighted by molar-refractivity contribution is 6.30. The van der Waals surface area contributed by atoms with Crippen LogP contribution in [0.5, 0.6) is 28.7 Å². The lowest BCUT2D eigenvalue weighted by Gasteiger charge is -2.32. The molecule has 236 valence electrons. The number of anilines is 1. The summed E-state index contributed by atoms with van der Waals surface area (Å²) >= 11 is 6.17. The second-order valence-electron chi connectivity index (χ2n) is 10.3. The molecule has 0 aliphatic carbocycles. The predicted molar refractivity (Wildman–Crippen MR) is 170 cm³/mol. The molecular formula is C33H30ClN5O7. The molecule has 1 atom stereocenters. The van der Waals surface area contributed by atoms with Crippen LogP contribution in [0.15, 0.2) is 78.9 Å². The van der Waals surface area contributed by atoms with Crippen LogP contribution in [0.4, 0.5) is 5.69 Å². The topological polar surface area (TPSA) is 126 Å². The monoisotopic (exact) mass is 643 g/mol. The Bertz CT molecular complexity index is 1870. The van der Waals surface area contributed by atoms with Crippen LogP contribution in [0.1, 0.15) is 17.2 Å². The summed E-state index contributed by atoms with van der Waals surface area (Å²) in [7, 11) is 4.45. The Labute approximate surface area is 269 Å². The molecule has 1 aliphatic rings. The van der Waals surface area contributed by atoms with Gasteiger partial charge in [0.25, 0.3) is 5.91 Å². The van der Waals surface area contributed by atoms with Crippen molar-refractivity contribution in [1.82, 2.24) is 19.9 Å². The van der Waals surface area contributed by atoms with Gasteiger partial charge in [-0.1, -0.05) is 41.1 Å². The van der Waals surface area contributed by atoms with Crippen LogP contribution >= 0.6 is 11.6 Å². The molecule has 12 nitrogen and oxygen atoms in total. The van der Waals surface area contributed by atoms with E-state index in [9.17, 15) is 9.59 Å². The fourth-order valence-corrected chi connectivity index (χ4v) is 5.41. The second-order valence-corrected chi connectivity index (χ2v) is 10.7. The number of hydrogen-bond donors (Lipinski definition) is 1. The number of nitrogens with zero attached hydrogens (tertiary/aromatic N) is 4. The fourth-order valence-electron chi connectivity index (χ4n) is 5.28. The summed E-state index contributed by atoms with van der Waals surface area (Å²) < 4.78 is 29.2. The number of nitrogens with one attached hydrogen (secondary N) is 1. The third-order valence-electron chi connectivity index (χ3n) is 7.49. The molecule has 46 heavy (non-hydrogen) atoms. The van der Waals surface area contributed by atoms with Crippen molar-refractivity contribution in [2.24, 2.45) is 0 Å². The van der Waals surface area contributed by atoms with E-state index >= 15 is 0 Å². The number of carbonyl (C=O) groups is 2. The van der Waals surface area contributed by atoms with E-state index in [4.69, 9.17) is 35.3 Å². The maximum atomic E-state index is 14.4. The Hall–Kier alpha value is -5.49. The van der Waals surface area contributed by atoms with Crippen molar-refractivity contribution < 1.29 is 33.3 Å². The van der Waals surface area contributed by atoms with Crippen molar-refractivity contribution in [3.05, 3.63) is 95.0 Å². The van der Waals surface area contributed by atoms with Crippen molar-refractivity contribution >= 4 is 40.1 Å². The number of aromatic nitrogens is 3. The highest BCUT2D eigenvalue weighted by Crippen LogP contribution is 2.42. The van der Waals surface area contributed by atoms with Crippen molar-refractivity contribution in [3.63, 3.8) is 0 Å². The number of amides is 2. The maximum absolute atomic E-state index is 14.4. The Kier molecular flexibility index (Phi) is 8.79. The first kappa shape index (κ1) is 30.5. The molecule has 6 rings (SSSR count). The highest BCUT2D eigenvalue weighted by atomic mass is 35.5. The Morgan fingerprint density at radius 3 is 2.37 bits per heavy atom. The van der Waals surface area contributed by atoms with Gasteiger partial charge in [-0.3, -0.25) is 9.59 Å². The number of carbonyl (C=O) groups excluding carboxylic acids is 2. The minimum absolute atomic E-state index is 0.0541. The van der Waals surface area contributed by atoms with E-state index in [1.54, 1.807) is 54.6 Å². The molecule has 0 radical (unpaired) electrons. The van der Waals surface area contributed by atoms with E-state index in [2.05, 4.69) is 15.6 Å². The lowest BCUT2D eigenvalue weighted by Crippen LogP contribution is -2.42. The minimum atomic E-state index is -1.18. The van der Waals surface area contributed by atoms with Crippen LogP contribution in [-0.4, -0.2) is 59.8 Å². The van der Waals surface area contributed by atoms with E-state index in [-0.39, 0.29) is 19.9 Å². The zero-order valence-corrected chi connectivity index (χ0v) is 26.0. The summed E-state index contributed by atoms with van der Waals surface area (Å²) in [6, 6.07) is 21.6. The van der Waals surface area contributed by atoms with Gasteiger partial charge in [0.05, 0.1) is 26.8 Å². The number of methoxy groups -OCH3 is 3. The van der Waals surface area contributed by atoms with Gasteiger partial charge in [0, 0.05) is 23.3 Å². The van der Waals surface area contributed by atoms with Crippen LogP contribution in [0.25, 0.3) is 11.0 Å². The van der Waals surface area contributed by atoms with Gasteiger partial charge in [0.2, 0.25) is 18.4 Å². The van der Waals surface area contributed by atoms with Crippen LogP contribution in [-0.2, 0) is 22.7 Å². The lowest BCUT2D eigenvalue weighted by molar-refractivity contribution is -0.140. The molecule has 13 heteroatoms. The van der Waals surface area contributed by atoms with Gasteiger partial charge < -0.3 is 33.9 Å². The van der Waals surface area contributed by atoms with Crippen molar-refractivity contribution in [1.29, 1.82) is 0 Å². The summed E-state index contributed by atoms with van der Waals surface area (Å²) in [5, 5.41) is 11.9. The normalized spacial score (nSPS) is 12.4. The smallest absolute Gasteiger partial charge is 0.251 e. The number of benzene rings is 4. The molecular weight excluding hydrogens is 614 g/mol. The third kappa shape index (κ3) is 6.20. The van der Waals surface area contributed by atoms with Crippen molar-refractivity contribution in [2.45, 2.75) is 19.1 Å². The zero-order valence-electron chi connectivity index (χ0n) is 25.2. The largest absolute Gasteiger partial charge is 0.493 e. The number of fused-ring (bicyclic) bond motifs is 2. The average Bonchev–Trinajstić information content (AvgIpc) is 3.71. The van der Waals surface area contributed by atoms with Gasteiger partial charge in [-0.2, -0.15) is 0 Å². The molecule has 0 spiro atoms. The molecule has 1 aliphatic heterocycles. The fraction of sp³-hybridized carbons (Fsp3) is 0.212. The highest BCUT2D eigenvalue weighted by Gasteiger charge is 2.34. The van der Waals surface area contributed by atoms with Crippen LogP contribution < -0.4 is 29.0 Å². The first-order valence-corrected chi connectivity index (χ1v) is 14.6. The first-order valence-electron chi connectivity index (χ1n) is 14.2. The Balaban J connectivity index is 1.46. The van der Waals surface area contributed by atoms with Crippen LogP contribution in [0.2, 0.25) is 5.02 Å². The summed E-state index contributed by atoms with van der Waals surface area (Å²) in [5.41, 5.74) is 2.93. The summed E-state index contributed by atoms with van der Waals surface area (Å²) in [5.74, 6) is 1.14. The second kappa shape index (κ2) is 13.2. The molecule has 4 aromatic carbocycles. The molecule has 2 amide bonds. The van der Waals surface area contributed by atoms with Crippen LogP contribution in [0, 0.1) is 0 Å². The molecule has 2 heterocycles. The molecule has 0 fully saturated rings. The summed E-state index contributed by atoms with van der Waals surface area (Å²) in [6.07, 6.45) is 0. The minimum Gasteiger partial charge on any atom is -0.493 e. The number of ether oxygens (including phenoxy) is 5. The van der Waals surface area contributed by atoms with Crippen molar-refractivity contribution in [3.8, 4) is 28.7 Å². The molecule has 1 aromatic heterocycles. The molecule has 0 saturated heterocycles. The quantitative estimate of drug-likeness (QED) is 0.205. The molecule has 1 unspecified atom stereocenters. The Morgan fingerprint density at radius 1 is 0.935 bits per heavy atom. The summed E-state index contributed by atoms with van der Waals surface area (Å²) in [6.45, 7) is -0.0496. The Morgan fingerprint density at radius 2 is 1.65 bits per heavy atom. The molecule has 5 aromatic rings. The van der Waals surface area contributed by atoms with Crippen molar-refractivity contribution in [2.75, 3.05) is 33.4 Å². The number of halogens is 1. The molecule has 0 saturated carbocycles. The number of hydrogen-bond acceptors (Lipinski definition) is 9. The van der Waals surface area contributed by atoms with Gasteiger partial charge in [-0.05, 0) is 59.7 Å². The number of para-hydroxylation sites is 1. The van der Waals surface area contributed by atoms with Gasteiger partial charge in [0.15, 0.2) is 23.0 Å². The SMILES string of the molecule is COc1cc(C(C(=O)Nc2ccc3c(c2)OCO3)N(Cc2ccc(Cl)cc2)C(=O)Cn2nnc3ccccc32)cc(OC)c1OC. The van der Waals surface area contributed by atoms with E-state index in [1.807, 2.05) is 24.3 Å². The van der Waals surface area contributed by atoms with E-state index in [1.165, 1.54) is 30.9 Å². The maximum Gasteiger partial charge on any atom is 0.251 e. The van der Waals surface area contributed by atoms with Gasteiger partial charge in [-0.25, -0.2) is 4.68 Å². The first-order chi connectivity index (χ1) is 22.4. The van der Waals surface area contributed by atoms with Gasteiger partial charge in [-0.15, -0.1) is 5.10 Å². The number of rotatable bonds is 11. The standard InChI is InChI=1S/C33H30ClN5O7/c1-42-28-14-21(15-29(43-2)32(28)44-3)31(33(41)35-23-12-13-26-27(16-23)46-19-45-26)38(17-20-8-10-22(34)11-9-20)30(40)18-39-25-7-5-4-6-24(25)36-37-39/h4-16,31H,17-19H2,1-3H3,(H,35,41). The molecule has 0 bridgehead atoms. The van der Waals surface area contributed by atoms with Gasteiger partial charge in [0.1, 0.15) is 18.1 Å². The predicted octanol–water partition coefficient (Wildman–Crippen LogP) is 5.25. The van der Waals surface area contributed by atoms with E-state index in [0.717, 1.165) is 5.56 Å².